The van der Waals surface area contributed by atoms with Gasteiger partial charge in [0.1, 0.15) is 11.0 Å². The average Bonchev–Trinajstić information content (AvgIpc) is 2.36. The zero-order chi connectivity index (χ0) is 13.1. The summed E-state index contributed by atoms with van der Waals surface area (Å²) in [6.07, 6.45) is 0. The highest BCUT2D eigenvalue weighted by Crippen LogP contribution is 2.37. The molecule has 4 nitrogen and oxygen atoms in total. The van der Waals surface area contributed by atoms with E-state index in [1.54, 1.807) is 27.2 Å². The number of para-hydroxylation sites is 1. The molecule has 0 N–H and O–H groups in total. The van der Waals surface area contributed by atoms with Crippen molar-refractivity contribution >= 4 is 11.6 Å². The van der Waals surface area contributed by atoms with Crippen LogP contribution in [-0.4, -0.2) is 24.2 Å². The van der Waals surface area contributed by atoms with E-state index in [0.717, 1.165) is 5.56 Å². The Bertz CT molecular complexity index is 553. The van der Waals surface area contributed by atoms with E-state index in [-0.39, 0.29) is 0 Å². The molecule has 94 valence electrons. The molecule has 0 saturated heterocycles. The first-order valence-electron chi connectivity index (χ1n) is 5.38. The second-order valence-electron chi connectivity index (χ2n) is 3.66. The van der Waals surface area contributed by atoms with Crippen molar-refractivity contribution in [3.63, 3.8) is 0 Å². The van der Waals surface area contributed by atoms with Gasteiger partial charge in [0, 0.05) is 11.6 Å². The van der Waals surface area contributed by atoms with Crippen molar-refractivity contribution in [2.24, 2.45) is 0 Å². The SMILES string of the molecule is COc1cccc(-c2cc(Cl)nc(C)n2)c1OC. The Morgan fingerprint density at radius 2 is 1.89 bits per heavy atom. The number of halogens is 1. The molecule has 0 aliphatic rings. The van der Waals surface area contributed by atoms with Crippen molar-refractivity contribution in [2.75, 3.05) is 14.2 Å². The number of rotatable bonds is 3. The van der Waals surface area contributed by atoms with E-state index in [1.165, 1.54) is 0 Å². The molecule has 0 bridgehead atoms. The molecular formula is C13H13ClN2O2. The standard InChI is InChI=1S/C13H13ClN2O2/c1-8-15-10(7-12(14)16-8)9-5-4-6-11(17-2)13(9)18-3/h4-7H,1-3H3. The molecule has 0 radical (unpaired) electrons. The van der Waals surface area contributed by atoms with E-state index in [0.29, 0.717) is 28.2 Å². The molecular weight excluding hydrogens is 252 g/mol. The van der Waals surface area contributed by atoms with Gasteiger partial charge in [-0.15, -0.1) is 0 Å². The molecule has 0 aliphatic carbocycles. The minimum atomic E-state index is 0.405. The first kappa shape index (κ1) is 12.6. The minimum Gasteiger partial charge on any atom is -0.493 e. The van der Waals surface area contributed by atoms with Crippen LogP contribution in [0.5, 0.6) is 11.5 Å². The van der Waals surface area contributed by atoms with Crippen LogP contribution in [0.4, 0.5) is 0 Å². The fourth-order valence-electron chi connectivity index (χ4n) is 1.76. The van der Waals surface area contributed by atoms with Crippen LogP contribution >= 0.6 is 11.6 Å². The van der Waals surface area contributed by atoms with E-state index in [9.17, 15) is 0 Å². The van der Waals surface area contributed by atoms with Gasteiger partial charge in [0.05, 0.1) is 19.9 Å². The van der Waals surface area contributed by atoms with Gasteiger partial charge in [-0.1, -0.05) is 17.7 Å². The molecule has 1 heterocycles. The highest BCUT2D eigenvalue weighted by molar-refractivity contribution is 6.29. The zero-order valence-electron chi connectivity index (χ0n) is 10.4. The van der Waals surface area contributed by atoms with Gasteiger partial charge < -0.3 is 9.47 Å². The van der Waals surface area contributed by atoms with Crippen molar-refractivity contribution in [2.45, 2.75) is 6.92 Å². The van der Waals surface area contributed by atoms with Crippen LogP contribution in [0.25, 0.3) is 11.3 Å². The van der Waals surface area contributed by atoms with Crippen molar-refractivity contribution in [3.8, 4) is 22.8 Å². The Balaban J connectivity index is 2.63. The maximum atomic E-state index is 5.95. The van der Waals surface area contributed by atoms with Crippen molar-refractivity contribution in [3.05, 3.63) is 35.2 Å². The van der Waals surface area contributed by atoms with E-state index >= 15 is 0 Å². The summed E-state index contributed by atoms with van der Waals surface area (Å²) in [6, 6.07) is 7.31. The third-order valence-electron chi connectivity index (χ3n) is 2.49. The Morgan fingerprint density at radius 1 is 1.11 bits per heavy atom. The van der Waals surface area contributed by atoms with Crippen LogP contribution in [-0.2, 0) is 0 Å². The Morgan fingerprint density at radius 3 is 2.50 bits per heavy atom. The summed E-state index contributed by atoms with van der Waals surface area (Å²) in [5, 5.41) is 0.405. The zero-order valence-corrected chi connectivity index (χ0v) is 11.2. The molecule has 0 fully saturated rings. The summed E-state index contributed by atoms with van der Waals surface area (Å²) in [5.41, 5.74) is 1.53. The molecule has 0 amide bonds. The third kappa shape index (κ3) is 2.38. The average molecular weight is 265 g/mol. The minimum absolute atomic E-state index is 0.405. The summed E-state index contributed by atoms with van der Waals surface area (Å²) < 4.78 is 10.6. The number of aryl methyl sites for hydroxylation is 1. The topological polar surface area (TPSA) is 44.2 Å². The van der Waals surface area contributed by atoms with E-state index in [2.05, 4.69) is 9.97 Å². The summed E-state index contributed by atoms with van der Waals surface area (Å²) >= 11 is 5.95. The monoisotopic (exact) mass is 264 g/mol. The predicted molar refractivity (Wildman–Crippen MR) is 70.3 cm³/mol. The van der Waals surface area contributed by atoms with Gasteiger partial charge in [0.2, 0.25) is 0 Å². The highest BCUT2D eigenvalue weighted by atomic mass is 35.5. The lowest BCUT2D eigenvalue weighted by Crippen LogP contribution is -1.96. The number of benzene rings is 1. The lowest BCUT2D eigenvalue weighted by Gasteiger charge is -2.12. The number of nitrogens with zero attached hydrogens (tertiary/aromatic N) is 2. The number of hydrogen-bond acceptors (Lipinski definition) is 4. The molecule has 1 aromatic carbocycles. The molecule has 0 atom stereocenters. The predicted octanol–water partition coefficient (Wildman–Crippen LogP) is 3.12. The van der Waals surface area contributed by atoms with Gasteiger partial charge in [0.25, 0.3) is 0 Å². The summed E-state index contributed by atoms with van der Waals surface area (Å²) in [6.45, 7) is 1.79. The lowest BCUT2D eigenvalue weighted by molar-refractivity contribution is 0.356. The number of aromatic nitrogens is 2. The fourth-order valence-corrected chi connectivity index (χ4v) is 1.98. The van der Waals surface area contributed by atoms with Gasteiger partial charge in [-0.2, -0.15) is 0 Å². The smallest absolute Gasteiger partial charge is 0.170 e. The van der Waals surface area contributed by atoms with E-state index in [1.807, 2.05) is 18.2 Å². The van der Waals surface area contributed by atoms with Crippen LogP contribution in [0, 0.1) is 6.92 Å². The largest absolute Gasteiger partial charge is 0.493 e. The molecule has 1 aromatic heterocycles. The van der Waals surface area contributed by atoms with Crippen LogP contribution < -0.4 is 9.47 Å². The maximum Gasteiger partial charge on any atom is 0.170 e. The van der Waals surface area contributed by atoms with Gasteiger partial charge in [-0.05, 0) is 19.1 Å². The van der Waals surface area contributed by atoms with Gasteiger partial charge >= 0.3 is 0 Å². The summed E-state index contributed by atoms with van der Waals surface area (Å²) in [5.74, 6) is 1.90. The molecule has 0 saturated carbocycles. The Labute approximate surface area is 111 Å². The van der Waals surface area contributed by atoms with Crippen molar-refractivity contribution < 1.29 is 9.47 Å². The number of hydrogen-bond donors (Lipinski definition) is 0. The van der Waals surface area contributed by atoms with Crippen LogP contribution in [0.3, 0.4) is 0 Å². The van der Waals surface area contributed by atoms with Crippen LogP contribution in [0.1, 0.15) is 5.82 Å². The van der Waals surface area contributed by atoms with E-state index in [4.69, 9.17) is 21.1 Å². The number of ether oxygens (including phenoxy) is 2. The van der Waals surface area contributed by atoms with Gasteiger partial charge in [-0.3, -0.25) is 0 Å². The lowest BCUT2D eigenvalue weighted by atomic mass is 10.1. The Kier molecular flexibility index (Phi) is 3.67. The second-order valence-corrected chi connectivity index (χ2v) is 4.05. The van der Waals surface area contributed by atoms with Gasteiger partial charge in [0.15, 0.2) is 11.5 Å². The summed E-state index contributed by atoms with van der Waals surface area (Å²) in [7, 11) is 3.19. The molecule has 18 heavy (non-hydrogen) atoms. The molecule has 2 rings (SSSR count). The van der Waals surface area contributed by atoms with Crippen LogP contribution in [0.15, 0.2) is 24.3 Å². The van der Waals surface area contributed by atoms with Crippen molar-refractivity contribution in [1.82, 2.24) is 9.97 Å². The Hall–Kier alpha value is -1.81. The molecule has 5 heteroatoms. The van der Waals surface area contributed by atoms with E-state index < -0.39 is 0 Å². The first-order chi connectivity index (χ1) is 8.65. The number of methoxy groups -OCH3 is 2. The van der Waals surface area contributed by atoms with Crippen molar-refractivity contribution in [1.29, 1.82) is 0 Å². The highest BCUT2D eigenvalue weighted by Gasteiger charge is 2.13. The van der Waals surface area contributed by atoms with Gasteiger partial charge in [-0.25, -0.2) is 9.97 Å². The molecule has 2 aromatic rings. The quantitative estimate of drug-likeness (QED) is 0.799. The molecule has 0 aliphatic heterocycles. The molecule has 0 unspecified atom stereocenters. The maximum absolute atomic E-state index is 5.95. The first-order valence-corrected chi connectivity index (χ1v) is 5.76. The third-order valence-corrected chi connectivity index (χ3v) is 2.68. The molecule has 0 spiro atoms. The van der Waals surface area contributed by atoms with Crippen LogP contribution in [0.2, 0.25) is 5.15 Å². The summed E-state index contributed by atoms with van der Waals surface area (Å²) in [4.78, 5) is 8.40. The normalized spacial score (nSPS) is 10.2. The fraction of sp³-hybridized carbons (Fsp3) is 0.231. The second kappa shape index (κ2) is 5.23.